The van der Waals surface area contributed by atoms with Gasteiger partial charge in [0, 0.05) is 11.1 Å². The summed E-state index contributed by atoms with van der Waals surface area (Å²) in [4.78, 5) is 9.03. The molecule has 2 aromatic heterocycles. The molecule has 2 aromatic carbocycles. The molecular formula is C16H4F6N2S2. The van der Waals surface area contributed by atoms with Gasteiger partial charge in [-0.15, -0.1) is 0 Å². The Morgan fingerprint density at radius 1 is 0.538 bits per heavy atom. The standard InChI is InChI=1S/C16H4F6N2S2/c17-7-1-5(2-8(18)11(7)21)13-23-15-16(25-13)24-14(26-15)6-3-9(19)12(22)10(20)4-6/h1-4H. The maximum absolute atomic E-state index is 13.3. The molecule has 0 N–H and O–H groups in total. The van der Waals surface area contributed by atoms with Crippen LogP contribution in [0.25, 0.3) is 30.8 Å². The van der Waals surface area contributed by atoms with Crippen LogP contribution in [0.5, 0.6) is 0 Å². The summed E-state index contributed by atoms with van der Waals surface area (Å²) in [6.07, 6.45) is 0. The van der Waals surface area contributed by atoms with Crippen molar-refractivity contribution in [2.45, 2.75) is 0 Å². The molecule has 4 rings (SSSR count). The number of aromatic nitrogens is 2. The van der Waals surface area contributed by atoms with Crippen molar-refractivity contribution in [3.8, 4) is 21.1 Å². The molecule has 0 saturated heterocycles. The van der Waals surface area contributed by atoms with Gasteiger partial charge in [-0.2, -0.15) is 0 Å². The Bertz CT molecular complexity index is 1000. The average Bonchev–Trinajstić information content (AvgIpc) is 3.15. The molecule has 0 bridgehead atoms. The van der Waals surface area contributed by atoms with Gasteiger partial charge >= 0.3 is 0 Å². The number of thiazole rings is 2. The predicted octanol–water partition coefficient (Wildman–Crippen LogP) is 5.92. The Hall–Kier alpha value is -2.46. The minimum absolute atomic E-state index is 0.0389. The molecule has 0 unspecified atom stereocenters. The van der Waals surface area contributed by atoms with Gasteiger partial charge in [0.25, 0.3) is 0 Å². The lowest BCUT2D eigenvalue weighted by Gasteiger charge is -2.00. The molecule has 0 aliphatic rings. The fourth-order valence-corrected chi connectivity index (χ4v) is 4.26. The smallest absolute Gasteiger partial charge is 0.194 e. The second-order valence-electron chi connectivity index (χ2n) is 5.16. The average molecular weight is 402 g/mol. The van der Waals surface area contributed by atoms with Crippen LogP contribution in [0.2, 0.25) is 0 Å². The summed E-state index contributed by atoms with van der Waals surface area (Å²) in [6.45, 7) is 0. The topological polar surface area (TPSA) is 25.8 Å². The maximum atomic E-state index is 13.3. The Morgan fingerprint density at radius 3 is 1.15 bits per heavy atom. The number of benzene rings is 2. The first kappa shape index (κ1) is 17.0. The normalized spacial score (nSPS) is 11.5. The molecule has 2 nitrogen and oxygen atoms in total. The van der Waals surface area contributed by atoms with Crippen molar-refractivity contribution in [3.05, 3.63) is 59.2 Å². The predicted molar refractivity (Wildman–Crippen MR) is 85.9 cm³/mol. The summed E-state index contributed by atoms with van der Waals surface area (Å²) in [7, 11) is 0. The second-order valence-corrected chi connectivity index (χ2v) is 7.11. The largest absolute Gasteiger partial charge is 0.223 e. The molecule has 0 fully saturated rings. The third-order valence-electron chi connectivity index (χ3n) is 3.44. The molecule has 2 heterocycles. The zero-order valence-electron chi connectivity index (χ0n) is 12.3. The fourth-order valence-electron chi connectivity index (χ4n) is 2.25. The number of halogens is 6. The van der Waals surface area contributed by atoms with E-state index in [9.17, 15) is 26.3 Å². The van der Waals surface area contributed by atoms with E-state index in [1.807, 2.05) is 0 Å². The lowest BCUT2D eigenvalue weighted by atomic mass is 10.2. The molecule has 132 valence electrons. The van der Waals surface area contributed by atoms with E-state index < -0.39 is 34.9 Å². The molecule has 10 heteroatoms. The first-order valence-corrected chi connectivity index (χ1v) is 8.54. The Labute approximate surface area is 149 Å². The van der Waals surface area contributed by atoms with E-state index in [1.54, 1.807) is 0 Å². The third kappa shape index (κ3) is 2.74. The van der Waals surface area contributed by atoms with Crippen molar-refractivity contribution in [3.63, 3.8) is 0 Å². The first-order chi connectivity index (χ1) is 12.3. The van der Waals surface area contributed by atoms with Crippen molar-refractivity contribution in [2.24, 2.45) is 0 Å². The van der Waals surface area contributed by atoms with Crippen LogP contribution in [0.4, 0.5) is 26.3 Å². The number of fused-ring (bicyclic) bond motifs is 1. The molecule has 0 atom stereocenters. The van der Waals surface area contributed by atoms with Gasteiger partial charge in [-0.05, 0) is 24.3 Å². The molecule has 0 aliphatic heterocycles. The molecule has 4 aromatic rings. The van der Waals surface area contributed by atoms with E-state index in [-0.39, 0.29) is 21.1 Å². The van der Waals surface area contributed by atoms with Gasteiger partial charge in [-0.3, -0.25) is 0 Å². The van der Waals surface area contributed by atoms with Crippen molar-refractivity contribution < 1.29 is 26.3 Å². The van der Waals surface area contributed by atoms with Crippen LogP contribution < -0.4 is 0 Å². The maximum Gasteiger partial charge on any atom is 0.194 e. The summed E-state index contributed by atoms with van der Waals surface area (Å²) in [5.41, 5.74) is 0.0778. The van der Waals surface area contributed by atoms with Crippen LogP contribution in [-0.2, 0) is 0 Å². The summed E-state index contributed by atoms with van der Waals surface area (Å²) in [5.74, 6) is -8.52. The minimum Gasteiger partial charge on any atom is -0.223 e. The van der Waals surface area contributed by atoms with Crippen LogP contribution in [0.15, 0.2) is 24.3 Å². The Kier molecular flexibility index (Phi) is 3.96. The summed E-state index contributed by atoms with van der Waals surface area (Å²) < 4.78 is 79.5. The van der Waals surface area contributed by atoms with Crippen LogP contribution in [0, 0.1) is 34.9 Å². The van der Waals surface area contributed by atoms with E-state index in [1.165, 1.54) is 0 Å². The fraction of sp³-hybridized carbons (Fsp3) is 0. The van der Waals surface area contributed by atoms with Crippen molar-refractivity contribution >= 4 is 32.3 Å². The SMILES string of the molecule is Fc1cc(-c2nc3sc(-c4cc(F)c(F)c(F)c4)nc3s2)cc(F)c1F. The van der Waals surface area contributed by atoms with E-state index in [0.29, 0.717) is 9.66 Å². The van der Waals surface area contributed by atoms with Gasteiger partial charge in [0.2, 0.25) is 0 Å². The monoisotopic (exact) mass is 402 g/mol. The summed E-state index contributed by atoms with van der Waals surface area (Å²) >= 11 is 1.94. The highest BCUT2D eigenvalue weighted by atomic mass is 32.1. The van der Waals surface area contributed by atoms with Gasteiger partial charge in [-0.25, -0.2) is 36.3 Å². The van der Waals surface area contributed by atoms with E-state index in [0.717, 1.165) is 46.9 Å². The summed E-state index contributed by atoms with van der Waals surface area (Å²) in [6, 6.07) is 3.25. The zero-order chi connectivity index (χ0) is 18.6. The Balaban J connectivity index is 1.77. The minimum atomic E-state index is -1.58. The lowest BCUT2D eigenvalue weighted by Crippen LogP contribution is -1.91. The molecular weight excluding hydrogens is 398 g/mol. The van der Waals surface area contributed by atoms with E-state index >= 15 is 0 Å². The van der Waals surface area contributed by atoms with E-state index in [4.69, 9.17) is 0 Å². The Morgan fingerprint density at radius 2 is 0.846 bits per heavy atom. The highest BCUT2D eigenvalue weighted by Gasteiger charge is 2.18. The highest BCUT2D eigenvalue weighted by molar-refractivity contribution is 7.29. The number of hydrogen-bond donors (Lipinski definition) is 0. The number of rotatable bonds is 2. The third-order valence-corrected chi connectivity index (χ3v) is 5.56. The van der Waals surface area contributed by atoms with Crippen molar-refractivity contribution in [1.82, 2.24) is 9.97 Å². The van der Waals surface area contributed by atoms with Gasteiger partial charge in [0.15, 0.2) is 44.6 Å². The molecule has 0 amide bonds. The van der Waals surface area contributed by atoms with E-state index in [2.05, 4.69) is 9.97 Å². The first-order valence-electron chi connectivity index (χ1n) is 6.90. The molecule has 0 radical (unpaired) electrons. The van der Waals surface area contributed by atoms with Crippen molar-refractivity contribution in [1.29, 1.82) is 0 Å². The molecule has 0 aliphatic carbocycles. The van der Waals surface area contributed by atoms with Crippen LogP contribution in [0.1, 0.15) is 0 Å². The van der Waals surface area contributed by atoms with Crippen molar-refractivity contribution in [2.75, 3.05) is 0 Å². The van der Waals surface area contributed by atoms with Crippen LogP contribution in [0.3, 0.4) is 0 Å². The molecule has 0 spiro atoms. The number of hydrogen-bond acceptors (Lipinski definition) is 4. The number of nitrogens with zero attached hydrogens (tertiary/aromatic N) is 2. The van der Waals surface area contributed by atoms with Gasteiger partial charge < -0.3 is 0 Å². The van der Waals surface area contributed by atoms with Crippen LogP contribution in [-0.4, -0.2) is 9.97 Å². The van der Waals surface area contributed by atoms with Gasteiger partial charge in [-0.1, -0.05) is 22.7 Å². The quantitative estimate of drug-likeness (QED) is 0.307. The molecule has 26 heavy (non-hydrogen) atoms. The van der Waals surface area contributed by atoms with Gasteiger partial charge in [0.1, 0.15) is 10.0 Å². The zero-order valence-corrected chi connectivity index (χ0v) is 13.9. The highest BCUT2D eigenvalue weighted by Crippen LogP contribution is 2.37. The second kappa shape index (κ2) is 6.06. The summed E-state index contributed by atoms with van der Waals surface area (Å²) in [5, 5.41) is 0.416. The van der Waals surface area contributed by atoms with Gasteiger partial charge in [0.05, 0.1) is 0 Å². The molecule has 0 saturated carbocycles. The van der Waals surface area contributed by atoms with Crippen LogP contribution >= 0.6 is 22.7 Å². The lowest BCUT2D eigenvalue weighted by molar-refractivity contribution is 0.447.